The van der Waals surface area contributed by atoms with E-state index in [0.717, 1.165) is 54.6 Å². The topological polar surface area (TPSA) is 114 Å². The van der Waals surface area contributed by atoms with Crippen LogP contribution >= 0.6 is 0 Å². The fourth-order valence-electron chi connectivity index (χ4n) is 5.55. The quantitative estimate of drug-likeness (QED) is 0.239. The van der Waals surface area contributed by atoms with E-state index in [9.17, 15) is 9.59 Å². The molecule has 1 saturated heterocycles. The van der Waals surface area contributed by atoms with Crippen molar-refractivity contribution in [3.63, 3.8) is 0 Å². The zero-order chi connectivity index (χ0) is 28.1. The minimum Gasteiger partial charge on any atom is -0.464 e. The lowest BCUT2D eigenvalue weighted by Crippen LogP contribution is -2.38. The van der Waals surface area contributed by atoms with Gasteiger partial charge in [-0.15, -0.1) is 0 Å². The van der Waals surface area contributed by atoms with Gasteiger partial charge in [-0.05, 0) is 43.5 Å². The van der Waals surface area contributed by atoms with Crippen LogP contribution in [0.25, 0.3) is 21.9 Å². The number of likely N-dealkylation sites (tertiary alicyclic amines) is 1. The van der Waals surface area contributed by atoms with Crippen LogP contribution in [0.2, 0.25) is 0 Å². The molecule has 1 amide bonds. The summed E-state index contributed by atoms with van der Waals surface area (Å²) in [5.41, 5.74) is 4.37. The van der Waals surface area contributed by atoms with E-state index in [1.54, 1.807) is 7.11 Å². The number of H-pyrrole nitrogens is 1. The van der Waals surface area contributed by atoms with E-state index < -0.39 is 5.97 Å². The first-order chi connectivity index (χ1) is 19.5. The van der Waals surface area contributed by atoms with Crippen LogP contribution in [0.5, 0.6) is 0 Å². The van der Waals surface area contributed by atoms with Crippen LogP contribution in [0.3, 0.4) is 0 Å². The molecule has 1 aromatic carbocycles. The fourth-order valence-corrected chi connectivity index (χ4v) is 5.55. The van der Waals surface area contributed by atoms with Crippen molar-refractivity contribution < 1.29 is 19.1 Å². The summed E-state index contributed by atoms with van der Waals surface area (Å²) in [6.45, 7) is 6.12. The van der Waals surface area contributed by atoms with Crippen molar-refractivity contribution in [1.82, 2.24) is 19.4 Å². The molecule has 4 aromatic rings. The highest BCUT2D eigenvalue weighted by Gasteiger charge is 2.27. The van der Waals surface area contributed by atoms with Gasteiger partial charge in [-0.25, -0.2) is 9.78 Å². The second-order valence-corrected chi connectivity index (χ2v) is 10.2. The Morgan fingerprint density at radius 1 is 1.15 bits per heavy atom. The molecule has 0 spiro atoms. The Bertz CT molecular complexity index is 1480. The van der Waals surface area contributed by atoms with E-state index >= 15 is 0 Å². The number of hydrogen-bond donors (Lipinski definition) is 3. The molecule has 40 heavy (non-hydrogen) atoms. The Hall–Kier alpha value is -3.89. The second kappa shape index (κ2) is 12.5. The predicted molar refractivity (Wildman–Crippen MR) is 157 cm³/mol. The van der Waals surface area contributed by atoms with E-state index in [1.807, 2.05) is 41.2 Å². The van der Waals surface area contributed by atoms with Gasteiger partial charge in [0, 0.05) is 55.3 Å². The summed E-state index contributed by atoms with van der Waals surface area (Å²) in [6.07, 6.45) is 6.74. The van der Waals surface area contributed by atoms with Gasteiger partial charge in [-0.3, -0.25) is 4.79 Å². The van der Waals surface area contributed by atoms with Gasteiger partial charge in [0.15, 0.2) is 5.69 Å². The van der Waals surface area contributed by atoms with Crippen molar-refractivity contribution in [3.05, 3.63) is 54.0 Å². The number of aromatic nitrogens is 3. The Balaban J connectivity index is 1.51. The number of ether oxygens (including phenoxy) is 2. The van der Waals surface area contributed by atoms with Crippen LogP contribution < -0.4 is 10.6 Å². The van der Waals surface area contributed by atoms with Gasteiger partial charge in [0.05, 0.1) is 37.7 Å². The largest absolute Gasteiger partial charge is 0.464 e. The van der Waals surface area contributed by atoms with Crippen LogP contribution in [0.1, 0.15) is 42.2 Å². The van der Waals surface area contributed by atoms with E-state index in [4.69, 9.17) is 14.5 Å². The molecule has 5 rings (SSSR count). The SMILES string of the molecule is CCN1CCC(Nc2cnc3c(c2)c(NC(=O)CCOC)c(C(=O)OC)n3CCc2c[nH]c3ccccc23)CC1. The molecule has 212 valence electrons. The number of rotatable bonds is 11. The molecule has 0 bridgehead atoms. The summed E-state index contributed by atoms with van der Waals surface area (Å²) in [5, 5.41) is 8.43. The highest BCUT2D eigenvalue weighted by Crippen LogP contribution is 2.34. The van der Waals surface area contributed by atoms with Crippen LogP contribution in [0.4, 0.5) is 11.4 Å². The normalized spacial score (nSPS) is 14.6. The first-order valence-corrected chi connectivity index (χ1v) is 14.0. The molecule has 1 aliphatic rings. The third-order valence-electron chi connectivity index (χ3n) is 7.76. The zero-order valence-electron chi connectivity index (χ0n) is 23.5. The van der Waals surface area contributed by atoms with Gasteiger partial charge in [-0.1, -0.05) is 25.1 Å². The number of methoxy groups -OCH3 is 2. The number of fused-ring (bicyclic) bond motifs is 2. The average Bonchev–Trinajstić information content (AvgIpc) is 3.53. The van der Waals surface area contributed by atoms with Crippen LogP contribution in [-0.2, 0) is 27.2 Å². The number of carbonyl (C=O) groups excluding carboxylic acids is 2. The summed E-state index contributed by atoms with van der Waals surface area (Å²) in [5.74, 6) is -0.770. The third-order valence-corrected chi connectivity index (χ3v) is 7.76. The molecule has 1 aliphatic heterocycles. The minimum atomic E-state index is -0.527. The maximum absolute atomic E-state index is 13.2. The summed E-state index contributed by atoms with van der Waals surface area (Å²) < 4.78 is 12.1. The molecule has 0 aliphatic carbocycles. The molecule has 0 unspecified atom stereocenters. The Morgan fingerprint density at radius 3 is 2.70 bits per heavy atom. The third kappa shape index (κ3) is 5.83. The zero-order valence-corrected chi connectivity index (χ0v) is 23.5. The van der Waals surface area contributed by atoms with Crippen LogP contribution in [0, 0.1) is 0 Å². The number of aryl methyl sites for hydroxylation is 2. The first kappa shape index (κ1) is 27.7. The molecule has 3 N–H and O–H groups in total. The van der Waals surface area contributed by atoms with E-state index in [2.05, 4.69) is 33.5 Å². The van der Waals surface area contributed by atoms with Gasteiger partial charge < -0.3 is 34.6 Å². The molecule has 10 nitrogen and oxygen atoms in total. The first-order valence-electron chi connectivity index (χ1n) is 14.0. The number of nitrogens with zero attached hydrogens (tertiary/aromatic N) is 3. The summed E-state index contributed by atoms with van der Waals surface area (Å²) >= 11 is 0. The number of amides is 1. The van der Waals surface area contributed by atoms with Gasteiger partial charge >= 0.3 is 5.97 Å². The van der Waals surface area contributed by atoms with Gasteiger partial charge in [-0.2, -0.15) is 0 Å². The number of esters is 1. The number of nitrogens with one attached hydrogen (secondary N) is 3. The van der Waals surface area contributed by atoms with E-state index in [1.165, 1.54) is 7.11 Å². The number of aromatic amines is 1. The smallest absolute Gasteiger partial charge is 0.356 e. The van der Waals surface area contributed by atoms with Crippen molar-refractivity contribution >= 4 is 45.2 Å². The number of anilines is 2. The summed E-state index contributed by atoms with van der Waals surface area (Å²) in [6, 6.07) is 10.5. The number of benzene rings is 1. The van der Waals surface area contributed by atoms with Crippen molar-refractivity contribution in [1.29, 1.82) is 0 Å². The number of carbonyl (C=O) groups is 2. The fraction of sp³-hybridized carbons (Fsp3) is 0.433. The van der Waals surface area contributed by atoms with Gasteiger partial charge in [0.1, 0.15) is 5.65 Å². The lowest BCUT2D eigenvalue weighted by Gasteiger charge is -2.31. The lowest BCUT2D eigenvalue weighted by atomic mass is 10.0. The maximum atomic E-state index is 13.2. The number of para-hydroxylation sites is 1. The monoisotopic (exact) mass is 546 g/mol. The van der Waals surface area contributed by atoms with Crippen molar-refractivity contribution in [3.8, 4) is 0 Å². The van der Waals surface area contributed by atoms with Gasteiger partial charge in [0.2, 0.25) is 5.91 Å². The Labute approximate surface area is 234 Å². The predicted octanol–water partition coefficient (Wildman–Crippen LogP) is 4.42. The number of pyridine rings is 1. The average molecular weight is 547 g/mol. The van der Waals surface area contributed by atoms with Crippen LogP contribution in [-0.4, -0.2) is 77.8 Å². The highest BCUT2D eigenvalue weighted by atomic mass is 16.5. The molecule has 0 saturated carbocycles. The Morgan fingerprint density at radius 2 is 1.95 bits per heavy atom. The number of hydrogen-bond acceptors (Lipinski definition) is 7. The lowest BCUT2D eigenvalue weighted by molar-refractivity contribution is -0.117. The molecule has 0 radical (unpaired) electrons. The highest BCUT2D eigenvalue weighted by molar-refractivity contribution is 6.11. The maximum Gasteiger partial charge on any atom is 0.356 e. The standard InChI is InChI=1S/C30H38N6O4/c1-4-35-13-10-21(11-14-35)33-22-17-24-27(34-26(37)12-16-39-2)28(30(38)40-3)36(29(24)32-19-22)15-9-20-18-31-25-8-6-5-7-23(20)25/h5-8,17-19,21,31,33H,4,9-16H2,1-3H3,(H,34,37). The molecule has 10 heteroatoms. The summed E-state index contributed by atoms with van der Waals surface area (Å²) in [7, 11) is 2.90. The molecule has 0 atom stereocenters. The van der Waals surface area contributed by atoms with E-state index in [0.29, 0.717) is 35.7 Å². The molecule has 3 aromatic heterocycles. The summed E-state index contributed by atoms with van der Waals surface area (Å²) in [4.78, 5) is 36.6. The molecule has 1 fully saturated rings. The number of piperidine rings is 1. The molecular formula is C30H38N6O4. The Kier molecular flexibility index (Phi) is 8.66. The minimum absolute atomic E-state index is 0.167. The second-order valence-electron chi connectivity index (χ2n) is 10.2. The van der Waals surface area contributed by atoms with Crippen molar-refractivity contribution in [2.24, 2.45) is 0 Å². The van der Waals surface area contributed by atoms with Gasteiger partial charge in [0.25, 0.3) is 0 Å². The van der Waals surface area contributed by atoms with Crippen molar-refractivity contribution in [2.45, 2.75) is 45.2 Å². The van der Waals surface area contributed by atoms with E-state index in [-0.39, 0.29) is 24.6 Å². The molecular weight excluding hydrogens is 508 g/mol. The van der Waals surface area contributed by atoms with Crippen molar-refractivity contribution in [2.75, 3.05) is 51.1 Å². The van der Waals surface area contributed by atoms with Crippen LogP contribution in [0.15, 0.2) is 42.7 Å². The molecule has 4 heterocycles.